The summed E-state index contributed by atoms with van der Waals surface area (Å²) in [6.07, 6.45) is -1.71. The van der Waals surface area contributed by atoms with Crippen LogP contribution in [0.15, 0.2) is 35.8 Å². The number of hydrogen-bond donors (Lipinski definition) is 0. The highest BCUT2D eigenvalue weighted by Gasteiger charge is 2.40. The molecule has 2 unspecified atom stereocenters. The van der Waals surface area contributed by atoms with E-state index >= 15 is 0 Å². The summed E-state index contributed by atoms with van der Waals surface area (Å²) in [5, 5.41) is 0. The monoisotopic (exact) mass is 921 g/mol. The summed E-state index contributed by atoms with van der Waals surface area (Å²) < 4.78 is 29.4. The minimum atomic E-state index is -0.856. The van der Waals surface area contributed by atoms with Crippen molar-refractivity contribution in [2.75, 3.05) is 13.2 Å². The van der Waals surface area contributed by atoms with E-state index in [1.807, 2.05) is 0 Å². The minimum Gasteiger partial charge on any atom is -0.484 e. The average Bonchev–Trinajstić information content (AvgIpc) is 2.77. The van der Waals surface area contributed by atoms with Gasteiger partial charge in [0.2, 0.25) is 5.78 Å². The quantitative estimate of drug-likeness (QED) is 0.224. The Hall–Kier alpha value is 1.15. The molecule has 0 spiro atoms. The topological polar surface area (TPSA) is 54.0 Å². The molecule has 2 aromatic carbocycles. The maximum atomic E-state index is 13.2. The molecule has 0 aromatic heterocycles. The molecule has 0 N–H and O–H groups in total. The molecule has 0 radical (unpaired) electrons. The van der Waals surface area contributed by atoms with Crippen molar-refractivity contribution in [3.63, 3.8) is 0 Å². The van der Waals surface area contributed by atoms with Gasteiger partial charge in [-0.2, -0.15) is 0 Å². The van der Waals surface area contributed by atoms with Gasteiger partial charge in [0.05, 0.1) is 35.8 Å². The number of rotatable bonds is 2. The third kappa shape index (κ3) is 4.09. The third-order valence-electron chi connectivity index (χ3n) is 4.28. The van der Waals surface area contributed by atoms with Crippen LogP contribution < -0.4 is 18.9 Å². The van der Waals surface area contributed by atoms with Crippen molar-refractivity contribution in [1.29, 1.82) is 0 Å². The lowest BCUT2D eigenvalue weighted by Crippen LogP contribution is -2.48. The van der Waals surface area contributed by atoms with Crippen LogP contribution in [0.3, 0.4) is 0 Å². The zero-order valence-corrected chi connectivity index (χ0v) is 26.8. The lowest BCUT2D eigenvalue weighted by atomic mass is 10.1. The predicted octanol–water partition coefficient (Wildman–Crippen LogP) is 8.34. The first-order chi connectivity index (χ1) is 14.1. The van der Waals surface area contributed by atoms with Crippen LogP contribution in [0.4, 0.5) is 0 Å². The fourth-order valence-corrected chi connectivity index (χ4v) is 7.32. The molecule has 2 aliphatic rings. The van der Waals surface area contributed by atoms with Gasteiger partial charge >= 0.3 is 0 Å². The smallest absolute Gasteiger partial charge is 0.220 e. The minimum absolute atomic E-state index is 0.0482. The van der Waals surface area contributed by atoms with Crippen molar-refractivity contribution in [2.45, 2.75) is 12.2 Å². The molecular formula is C17H6Br8O5. The van der Waals surface area contributed by atoms with E-state index in [0.29, 0.717) is 40.9 Å². The summed E-state index contributed by atoms with van der Waals surface area (Å²) in [6, 6.07) is 0. The van der Waals surface area contributed by atoms with E-state index in [1.165, 1.54) is 0 Å². The van der Waals surface area contributed by atoms with Crippen LogP contribution in [0.5, 0.6) is 23.0 Å². The first-order valence-electron chi connectivity index (χ1n) is 7.98. The Morgan fingerprint density at radius 3 is 1.17 bits per heavy atom. The summed E-state index contributed by atoms with van der Waals surface area (Å²) in [5.74, 6) is 1.58. The molecule has 0 bridgehead atoms. The molecule has 0 saturated heterocycles. The number of Topliss-reactive ketones (excluding diaryl/α,β-unsaturated/α-hetero) is 1. The van der Waals surface area contributed by atoms with Crippen LogP contribution >= 0.6 is 127 Å². The molecule has 0 amide bonds. The molecule has 2 aliphatic heterocycles. The first-order valence-corrected chi connectivity index (χ1v) is 14.3. The van der Waals surface area contributed by atoms with Gasteiger partial charge < -0.3 is 18.9 Å². The number of hydrogen-bond acceptors (Lipinski definition) is 5. The number of halogens is 8. The maximum Gasteiger partial charge on any atom is 0.220 e. The Labute approximate surface area is 238 Å². The van der Waals surface area contributed by atoms with Crippen LogP contribution in [-0.4, -0.2) is 31.2 Å². The molecule has 0 fully saturated rings. The Kier molecular flexibility index (Phi) is 7.62. The normalized spacial score (nSPS) is 19.6. The highest BCUT2D eigenvalue weighted by Crippen LogP contribution is 2.53. The van der Waals surface area contributed by atoms with E-state index in [9.17, 15) is 4.79 Å². The number of ketones is 1. The summed E-state index contributed by atoms with van der Waals surface area (Å²) in [6.45, 7) is 0.0963. The summed E-state index contributed by atoms with van der Waals surface area (Å²) in [5.41, 5.74) is 0. The van der Waals surface area contributed by atoms with Gasteiger partial charge in [0.25, 0.3) is 0 Å². The molecule has 2 heterocycles. The Bertz CT molecular complexity index is 1010. The molecule has 13 heteroatoms. The number of ether oxygens (including phenoxy) is 4. The standard InChI is InChI=1S/C17H6Br8O5/c18-5-7(20)11(24)16-14(9(5)22)27-1-3(29-16)13(26)4-2-28-15-10(23)6(19)8(21)12(25)17(15)30-4/h3-4H,1-2H2. The van der Waals surface area contributed by atoms with Crippen LogP contribution in [0, 0.1) is 0 Å². The molecule has 4 rings (SSSR count). The van der Waals surface area contributed by atoms with Gasteiger partial charge in [0, 0.05) is 0 Å². The van der Waals surface area contributed by atoms with E-state index < -0.39 is 12.2 Å². The summed E-state index contributed by atoms with van der Waals surface area (Å²) >= 11 is 27.8. The van der Waals surface area contributed by atoms with Gasteiger partial charge in [-0.15, -0.1) is 0 Å². The summed E-state index contributed by atoms with van der Waals surface area (Å²) in [7, 11) is 0. The molecule has 0 aliphatic carbocycles. The molecule has 30 heavy (non-hydrogen) atoms. The molecule has 0 saturated carbocycles. The van der Waals surface area contributed by atoms with E-state index in [-0.39, 0.29) is 19.0 Å². The highest BCUT2D eigenvalue weighted by atomic mass is 79.9. The molecule has 5 nitrogen and oxygen atoms in total. The van der Waals surface area contributed by atoms with Crippen molar-refractivity contribution in [3.8, 4) is 23.0 Å². The highest BCUT2D eigenvalue weighted by molar-refractivity contribution is 9.15. The molecule has 2 aromatic rings. The number of fused-ring (bicyclic) bond motifs is 2. The second kappa shape index (κ2) is 9.42. The lowest BCUT2D eigenvalue weighted by Gasteiger charge is -2.32. The van der Waals surface area contributed by atoms with Crippen molar-refractivity contribution in [2.24, 2.45) is 0 Å². The van der Waals surface area contributed by atoms with E-state index in [0.717, 1.165) is 17.9 Å². The second-order valence-electron chi connectivity index (χ2n) is 6.07. The Balaban J connectivity index is 1.61. The van der Waals surface area contributed by atoms with Crippen LogP contribution in [0.2, 0.25) is 0 Å². The largest absolute Gasteiger partial charge is 0.484 e. The number of carbonyl (C=O) groups excluding carboxylic acids is 1. The van der Waals surface area contributed by atoms with E-state index in [2.05, 4.69) is 127 Å². The van der Waals surface area contributed by atoms with Gasteiger partial charge in [-0.1, -0.05) is 0 Å². The Morgan fingerprint density at radius 2 is 0.833 bits per heavy atom. The second-order valence-corrected chi connectivity index (χ2v) is 12.4. The zero-order valence-electron chi connectivity index (χ0n) is 14.1. The lowest BCUT2D eigenvalue weighted by molar-refractivity contribution is -0.137. The molecular weight excluding hydrogens is 923 g/mol. The summed E-state index contributed by atoms with van der Waals surface area (Å²) in [4.78, 5) is 13.2. The molecule has 2 atom stereocenters. The van der Waals surface area contributed by atoms with Crippen molar-refractivity contribution < 1.29 is 23.7 Å². The molecule has 160 valence electrons. The Morgan fingerprint density at radius 1 is 0.533 bits per heavy atom. The van der Waals surface area contributed by atoms with Crippen LogP contribution in [-0.2, 0) is 4.79 Å². The fourth-order valence-electron chi connectivity index (χ4n) is 2.81. The first kappa shape index (κ1) is 24.3. The van der Waals surface area contributed by atoms with Gasteiger partial charge in [-0.25, -0.2) is 0 Å². The zero-order chi connectivity index (χ0) is 21.9. The SMILES string of the molecule is O=C(C1COc2c(Br)c(Br)c(Br)c(Br)c2O1)C1COc2c(Br)c(Br)c(Br)c(Br)c2O1. The third-order valence-corrected chi connectivity index (χ3v) is 13.7. The van der Waals surface area contributed by atoms with E-state index in [1.54, 1.807) is 0 Å². The van der Waals surface area contributed by atoms with Gasteiger partial charge in [0.1, 0.15) is 13.2 Å². The van der Waals surface area contributed by atoms with Gasteiger partial charge in [-0.05, 0) is 127 Å². The van der Waals surface area contributed by atoms with Crippen molar-refractivity contribution in [1.82, 2.24) is 0 Å². The van der Waals surface area contributed by atoms with E-state index in [4.69, 9.17) is 18.9 Å². The van der Waals surface area contributed by atoms with Crippen LogP contribution in [0.25, 0.3) is 0 Å². The van der Waals surface area contributed by atoms with Gasteiger partial charge in [-0.3, -0.25) is 4.79 Å². The van der Waals surface area contributed by atoms with Crippen molar-refractivity contribution in [3.05, 3.63) is 35.8 Å². The average molecular weight is 929 g/mol. The number of benzene rings is 2. The van der Waals surface area contributed by atoms with Crippen molar-refractivity contribution >= 4 is 133 Å². The fraction of sp³-hybridized carbons (Fsp3) is 0.235. The van der Waals surface area contributed by atoms with Gasteiger partial charge in [0.15, 0.2) is 35.2 Å². The van der Waals surface area contributed by atoms with Crippen LogP contribution in [0.1, 0.15) is 0 Å². The number of carbonyl (C=O) groups is 1. The maximum absolute atomic E-state index is 13.2. The predicted molar refractivity (Wildman–Crippen MR) is 139 cm³/mol.